The van der Waals surface area contributed by atoms with E-state index in [0.29, 0.717) is 24.0 Å². The summed E-state index contributed by atoms with van der Waals surface area (Å²) in [6, 6.07) is 14.0. The van der Waals surface area contributed by atoms with Crippen LogP contribution in [0, 0.1) is 5.92 Å². The normalized spacial score (nSPS) is 23.4. The number of hydrogen-bond donors (Lipinski definition) is 3. The van der Waals surface area contributed by atoms with Gasteiger partial charge in [0.15, 0.2) is 0 Å². The number of carbonyl (C=O) groups is 4. The zero-order valence-electron chi connectivity index (χ0n) is 31.0. The average Bonchev–Trinajstić information content (AvgIpc) is 4.06. The number of benzene rings is 2. The number of amides is 4. The van der Waals surface area contributed by atoms with Crippen molar-refractivity contribution in [3.8, 4) is 11.6 Å². The van der Waals surface area contributed by atoms with Gasteiger partial charge in [0.1, 0.15) is 35.1 Å². The van der Waals surface area contributed by atoms with Gasteiger partial charge in [-0.25, -0.2) is 18.2 Å². The second kappa shape index (κ2) is 14.9. The Morgan fingerprint density at radius 1 is 1.07 bits per heavy atom. The molecule has 2 saturated carbocycles. The molecule has 14 nitrogen and oxygen atoms in total. The van der Waals surface area contributed by atoms with Crippen molar-refractivity contribution in [2.45, 2.75) is 93.9 Å². The highest BCUT2D eigenvalue weighted by molar-refractivity contribution is 7.91. The van der Waals surface area contributed by atoms with E-state index >= 15 is 0 Å². The first-order chi connectivity index (χ1) is 25.5. The summed E-state index contributed by atoms with van der Waals surface area (Å²) in [6.07, 6.45) is 2.56. The molecule has 1 aromatic heterocycles. The van der Waals surface area contributed by atoms with Crippen LogP contribution in [0.4, 0.5) is 4.79 Å². The molecule has 1 saturated heterocycles. The summed E-state index contributed by atoms with van der Waals surface area (Å²) in [7, 11) is -2.35. The predicted molar refractivity (Wildman–Crippen MR) is 200 cm³/mol. The Kier molecular flexibility index (Phi) is 10.6. The van der Waals surface area contributed by atoms with Crippen LogP contribution >= 0.6 is 0 Å². The van der Waals surface area contributed by atoms with E-state index in [4.69, 9.17) is 14.2 Å². The highest BCUT2D eigenvalue weighted by Crippen LogP contribution is 2.45. The van der Waals surface area contributed by atoms with Gasteiger partial charge in [0.05, 0.1) is 18.9 Å². The summed E-state index contributed by atoms with van der Waals surface area (Å²) in [5.74, 6) is -2.29. The maximum Gasteiger partial charge on any atom is 0.408 e. The number of alkyl carbamates (subject to hydrolysis) is 1. The van der Waals surface area contributed by atoms with Gasteiger partial charge in [0, 0.05) is 29.8 Å². The molecule has 3 aliphatic rings. The molecule has 2 unspecified atom stereocenters. The van der Waals surface area contributed by atoms with Crippen LogP contribution in [0.5, 0.6) is 11.6 Å². The maximum absolute atomic E-state index is 14.8. The first-order valence-corrected chi connectivity index (χ1v) is 19.5. The topological polar surface area (TPSA) is 182 Å². The molecule has 288 valence electrons. The van der Waals surface area contributed by atoms with Crippen LogP contribution in [0.15, 0.2) is 73.4 Å². The molecule has 1 aliphatic heterocycles. The fourth-order valence-electron chi connectivity index (χ4n) is 6.86. The van der Waals surface area contributed by atoms with Crippen molar-refractivity contribution >= 4 is 44.6 Å². The molecule has 3 N–H and O–H groups in total. The van der Waals surface area contributed by atoms with Crippen molar-refractivity contribution in [2.24, 2.45) is 5.92 Å². The Labute approximate surface area is 315 Å². The quantitative estimate of drug-likeness (QED) is 0.216. The summed E-state index contributed by atoms with van der Waals surface area (Å²) in [5, 5.41) is 6.38. The van der Waals surface area contributed by atoms with E-state index in [2.05, 4.69) is 26.9 Å². The van der Waals surface area contributed by atoms with Gasteiger partial charge in [-0.15, -0.1) is 6.58 Å². The minimum absolute atomic E-state index is 0.00149. The van der Waals surface area contributed by atoms with Crippen LogP contribution in [0.25, 0.3) is 10.8 Å². The lowest BCUT2D eigenvalue weighted by molar-refractivity contribution is -0.141. The Balaban J connectivity index is 1.32. The first kappa shape index (κ1) is 38.5. The molecule has 2 aliphatic carbocycles. The molecule has 3 fully saturated rings. The third-order valence-electron chi connectivity index (χ3n) is 10.1. The van der Waals surface area contributed by atoms with Crippen molar-refractivity contribution in [3.05, 3.63) is 79.0 Å². The van der Waals surface area contributed by atoms with E-state index < -0.39 is 80.3 Å². The van der Waals surface area contributed by atoms with Crippen LogP contribution < -0.4 is 24.8 Å². The van der Waals surface area contributed by atoms with Crippen molar-refractivity contribution in [1.82, 2.24) is 25.2 Å². The molecule has 2 aromatic carbocycles. The largest absolute Gasteiger partial charge is 0.497 e. The van der Waals surface area contributed by atoms with Gasteiger partial charge in [-0.05, 0) is 75.2 Å². The number of carbonyl (C=O) groups excluding carboxylic acids is 4. The Morgan fingerprint density at radius 2 is 1.80 bits per heavy atom. The number of pyridine rings is 1. The van der Waals surface area contributed by atoms with Crippen LogP contribution in [-0.4, -0.2) is 90.3 Å². The van der Waals surface area contributed by atoms with Gasteiger partial charge in [-0.3, -0.25) is 19.1 Å². The lowest BCUT2D eigenvalue weighted by Gasteiger charge is -2.33. The van der Waals surface area contributed by atoms with Gasteiger partial charge in [-0.2, -0.15) is 0 Å². The van der Waals surface area contributed by atoms with Crippen LogP contribution in [-0.2, 0) is 29.1 Å². The summed E-state index contributed by atoms with van der Waals surface area (Å²) in [5.41, 5.74) is -1.67. The lowest BCUT2D eigenvalue weighted by Crippen LogP contribution is -2.59. The number of sulfonamides is 1. The minimum Gasteiger partial charge on any atom is -0.497 e. The lowest BCUT2D eigenvalue weighted by atomic mass is 9.92. The number of aromatic nitrogens is 1. The highest BCUT2D eigenvalue weighted by atomic mass is 32.2. The van der Waals surface area contributed by atoms with E-state index in [1.54, 1.807) is 47.1 Å². The third kappa shape index (κ3) is 8.30. The van der Waals surface area contributed by atoms with Crippen molar-refractivity contribution in [3.63, 3.8) is 0 Å². The number of likely N-dealkylation sites (tertiary alicyclic amines) is 1. The molecule has 4 amide bonds. The molecule has 6 atom stereocenters. The number of hydrogen-bond acceptors (Lipinski definition) is 10. The number of ether oxygens (including phenoxy) is 3. The maximum atomic E-state index is 14.8. The van der Waals surface area contributed by atoms with Crippen molar-refractivity contribution in [2.75, 3.05) is 13.7 Å². The van der Waals surface area contributed by atoms with Crippen LogP contribution in [0.1, 0.15) is 64.9 Å². The standard InChI is InChI=1S/C39H47N5O9S/c1-7-26-21-39(26,36(47)43-54(49,50)29-14-15-29)42-33(45)31-20-28(52-34-30-16-13-27(51-6)19-25(30)17-18-40-34)22-44(31)35(46)32(41-37(48)53-38(3,4)5)23(2)24-11-9-8-10-12-24/h7-13,16-19,23,26,28-29,31-32H,1,14-15,20-22H2,2-6H3,(H,41,48)(H,42,45)(H,43,47)/t23?,26-,28-,31+,32?,39-/m1/s1. The molecular weight excluding hydrogens is 715 g/mol. The molecule has 54 heavy (non-hydrogen) atoms. The summed E-state index contributed by atoms with van der Waals surface area (Å²) in [6.45, 7) is 10.6. The highest BCUT2D eigenvalue weighted by Gasteiger charge is 2.62. The summed E-state index contributed by atoms with van der Waals surface area (Å²) >= 11 is 0. The molecule has 15 heteroatoms. The average molecular weight is 762 g/mol. The van der Waals surface area contributed by atoms with Crippen LogP contribution in [0.3, 0.4) is 0 Å². The molecule has 2 heterocycles. The second-order valence-corrected chi connectivity index (χ2v) is 17.2. The van der Waals surface area contributed by atoms with E-state index in [9.17, 15) is 27.6 Å². The number of nitrogens with zero attached hydrogens (tertiary/aromatic N) is 2. The van der Waals surface area contributed by atoms with Gasteiger partial charge < -0.3 is 29.7 Å². The van der Waals surface area contributed by atoms with E-state index in [1.807, 2.05) is 48.5 Å². The summed E-state index contributed by atoms with van der Waals surface area (Å²) < 4.78 is 45.0. The molecule has 0 bridgehead atoms. The molecular formula is C39H47N5O9S. The number of fused-ring (bicyclic) bond motifs is 1. The zero-order valence-corrected chi connectivity index (χ0v) is 31.9. The van der Waals surface area contributed by atoms with Gasteiger partial charge in [0.25, 0.3) is 5.91 Å². The van der Waals surface area contributed by atoms with E-state index in [1.165, 1.54) is 11.0 Å². The first-order valence-electron chi connectivity index (χ1n) is 18.0. The van der Waals surface area contributed by atoms with Crippen LogP contribution in [0.2, 0.25) is 0 Å². The fourth-order valence-corrected chi connectivity index (χ4v) is 8.23. The van der Waals surface area contributed by atoms with Gasteiger partial charge >= 0.3 is 6.09 Å². The predicted octanol–water partition coefficient (Wildman–Crippen LogP) is 3.96. The molecule has 0 spiro atoms. The molecule has 6 rings (SSSR count). The minimum atomic E-state index is -3.91. The SMILES string of the molecule is C=C[C@@H]1C[C@]1(NC(=O)[C@@H]1C[C@@H](Oc2nccc3cc(OC)ccc23)CN1C(=O)C(NC(=O)OC(C)(C)C)C(C)c1ccccc1)C(=O)NS(=O)(=O)C1CC1. The zero-order chi connectivity index (χ0) is 39.0. The van der Waals surface area contributed by atoms with Crippen molar-refractivity contribution < 1.29 is 41.8 Å². The second-order valence-electron chi connectivity index (χ2n) is 15.2. The van der Waals surface area contributed by atoms with Gasteiger partial charge in [0.2, 0.25) is 27.7 Å². The van der Waals surface area contributed by atoms with Gasteiger partial charge in [-0.1, -0.05) is 43.3 Å². The van der Waals surface area contributed by atoms with E-state index in [-0.39, 0.29) is 25.3 Å². The Morgan fingerprint density at radius 3 is 2.43 bits per heavy atom. The van der Waals surface area contributed by atoms with Crippen molar-refractivity contribution in [1.29, 1.82) is 0 Å². The Hall–Kier alpha value is -5.18. The third-order valence-corrected chi connectivity index (χ3v) is 11.9. The molecule has 3 aromatic rings. The fraction of sp³-hybridized carbons (Fsp3) is 0.462. The van der Waals surface area contributed by atoms with E-state index in [0.717, 1.165) is 10.9 Å². The number of rotatable bonds is 13. The number of methoxy groups -OCH3 is 1. The summed E-state index contributed by atoms with van der Waals surface area (Å²) in [4.78, 5) is 61.7. The monoisotopic (exact) mass is 761 g/mol. The number of nitrogens with one attached hydrogen (secondary N) is 3. The Bertz CT molecular complexity index is 2050. The smallest absolute Gasteiger partial charge is 0.408 e. The molecule has 0 radical (unpaired) electrons.